The molecule has 0 aromatic heterocycles. The number of primary amides is 1. The standard InChI is InChI=1S/C16H17FN2O2/c1-16(2,15(18)21)9-19-14(20)12-7-8-13(17)11-6-4-3-5-10(11)12/h3-8H,9H2,1-2H3,(H2,18,21)(H,19,20). The zero-order chi connectivity index (χ0) is 15.6. The molecule has 0 saturated heterocycles. The fourth-order valence-corrected chi connectivity index (χ4v) is 1.94. The summed E-state index contributed by atoms with van der Waals surface area (Å²) in [5, 5.41) is 3.59. The van der Waals surface area contributed by atoms with Gasteiger partial charge in [0.05, 0.1) is 5.41 Å². The number of carbonyl (C=O) groups is 2. The van der Waals surface area contributed by atoms with E-state index >= 15 is 0 Å². The van der Waals surface area contributed by atoms with Gasteiger partial charge in [-0.2, -0.15) is 0 Å². The van der Waals surface area contributed by atoms with Gasteiger partial charge in [-0.25, -0.2) is 4.39 Å². The van der Waals surface area contributed by atoms with E-state index in [1.807, 2.05) is 0 Å². The van der Waals surface area contributed by atoms with Crippen LogP contribution in [-0.2, 0) is 4.79 Å². The van der Waals surface area contributed by atoms with Crippen LogP contribution >= 0.6 is 0 Å². The molecule has 0 unspecified atom stereocenters. The monoisotopic (exact) mass is 288 g/mol. The minimum absolute atomic E-state index is 0.118. The largest absolute Gasteiger partial charge is 0.369 e. The molecule has 0 aliphatic heterocycles. The topological polar surface area (TPSA) is 72.2 Å². The number of fused-ring (bicyclic) bond motifs is 1. The molecule has 2 aromatic rings. The number of nitrogens with two attached hydrogens (primary N) is 1. The maximum atomic E-state index is 13.7. The Morgan fingerprint density at radius 1 is 1.14 bits per heavy atom. The maximum Gasteiger partial charge on any atom is 0.251 e. The van der Waals surface area contributed by atoms with Gasteiger partial charge in [0.15, 0.2) is 0 Å². The molecule has 0 radical (unpaired) electrons. The van der Waals surface area contributed by atoms with Crippen molar-refractivity contribution >= 4 is 22.6 Å². The first-order valence-electron chi connectivity index (χ1n) is 6.58. The molecule has 0 aliphatic carbocycles. The van der Waals surface area contributed by atoms with Gasteiger partial charge >= 0.3 is 0 Å². The van der Waals surface area contributed by atoms with Crippen LogP contribution in [-0.4, -0.2) is 18.4 Å². The molecule has 2 aromatic carbocycles. The minimum Gasteiger partial charge on any atom is -0.369 e. The Morgan fingerprint density at radius 2 is 1.76 bits per heavy atom. The Kier molecular flexibility index (Phi) is 3.93. The number of hydrogen-bond acceptors (Lipinski definition) is 2. The zero-order valence-electron chi connectivity index (χ0n) is 11.9. The van der Waals surface area contributed by atoms with Crippen molar-refractivity contribution in [3.63, 3.8) is 0 Å². The number of halogens is 1. The molecular formula is C16H17FN2O2. The van der Waals surface area contributed by atoms with Crippen LogP contribution < -0.4 is 11.1 Å². The van der Waals surface area contributed by atoms with E-state index in [0.717, 1.165) is 0 Å². The molecule has 0 heterocycles. The summed E-state index contributed by atoms with van der Waals surface area (Å²) >= 11 is 0. The van der Waals surface area contributed by atoms with Crippen LogP contribution in [0, 0.1) is 11.2 Å². The Hall–Kier alpha value is -2.43. The molecule has 2 amide bonds. The van der Waals surface area contributed by atoms with Gasteiger partial charge in [0.25, 0.3) is 5.91 Å². The molecule has 0 fully saturated rings. The quantitative estimate of drug-likeness (QED) is 0.905. The van der Waals surface area contributed by atoms with Crippen molar-refractivity contribution in [2.45, 2.75) is 13.8 Å². The van der Waals surface area contributed by atoms with Crippen LogP contribution in [0.25, 0.3) is 10.8 Å². The molecule has 21 heavy (non-hydrogen) atoms. The maximum absolute atomic E-state index is 13.7. The Labute approximate surface area is 122 Å². The average Bonchev–Trinajstić information content (AvgIpc) is 2.45. The summed E-state index contributed by atoms with van der Waals surface area (Å²) in [6, 6.07) is 9.46. The number of rotatable bonds is 4. The molecule has 110 valence electrons. The minimum atomic E-state index is -0.842. The predicted octanol–water partition coefficient (Wildman–Crippen LogP) is 2.22. The van der Waals surface area contributed by atoms with Gasteiger partial charge in [-0.05, 0) is 31.4 Å². The predicted molar refractivity (Wildman–Crippen MR) is 79.2 cm³/mol. The molecule has 0 spiro atoms. The molecule has 4 nitrogen and oxygen atoms in total. The van der Waals surface area contributed by atoms with Gasteiger partial charge in [-0.3, -0.25) is 9.59 Å². The van der Waals surface area contributed by atoms with Crippen LogP contribution in [0.4, 0.5) is 4.39 Å². The molecular weight excluding hydrogens is 271 g/mol. The zero-order valence-corrected chi connectivity index (χ0v) is 11.9. The van der Waals surface area contributed by atoms with Gasteiger partial charge in [-0.1, -0.05) is 24.3 Å². The van der Waals surface area contributed by atoms with E-state index < -0.39 is 11.3 Å². The van der Waals surface area contributed by atoms with Gasteiger partial charge < -0.3 is 11.1 Å². The molecule has 0 aliphatic rings. The van der Waals surface area contributed by atoms with Gasteiger partial charge in [0.2, 0.25) is 5.91 Å². The van der Waals surface area contributed by atoms with Crippen molar-refractivity contribution < 1.29 is 14.0 Å². The Balaban J connectivity index is 2.29. The van der Waals surface area contributed by atoms with Gasteiger partial charge in [-0.15, -0.1) is 0 Å². The van der Waals surface area contributed by atoms with Crippen LogP contribution in [0.5, 0.6) is 0 Å². The van der Waals surface area contributed by atoms with E-state index in [-0.39, 0.29) is 18.3 Å². The van der Waals surface area contributed by atoms with Crippen molar-refractivity contribution in [1.29, 1.82) is 0 Å². The lowest BCUT2D eigenvalue weighted by Gasteiger charge is -2.21. The van der Waals surface area contributed by atoms with Crippen LogP contribution in [0.1, 0.15) is 24.2 Å². The molecule has 0 saturated carbocycles. The van der Waals surface area contributed by atoms with Crippen LogP contribution in [0.2, 0.25) is 0 Å². The van der Waals surface area contributed by atoms with Crippen molar-refractivity contribution in [3.05, 3.63) is 47.8 Å². The summed E-state index contributed by atoms with van der Waals surface area (Å²) in [5.74, 6) is -1.23. The third kappa shape index (κ3) is 3.02. The Bertz CT molecular complexity index is 710. The molecule has 5 heteroatoms. The first-order valence-corrected chi connectivity index (χ1v) is 6.58. The average molecular weight is 288 g/mol. The number of carbonyl (C=O) groups excluding carboxylic acids is 2. The number of benzene rings is 2. The van der Waals surface area contributed by atoms with E-state index in [1.165, 1.54) is 12.1 Å². The second kappa shape index (κ2) is 5.52. The van der Waals surface area contributed by atoms with Crippen molar-refractivity contribution in [1.82, 2.24) is 5.32 Å². The highest BCUT2D eigenvalue weighted by Crippen LogP contribution is 2.22. The summed E-state index contributed by atoms with van der Waals surface area (Å²) < 4.78 is 13.7. The fraction of sp³-hybridized carbons (Fsp3) is 0.250. The first kappa shape index (κ1) is 15.0. The third-order valence-corrected chi connectivity index (χ3v) is 3.47. The summed E-state index contributed by atoms with van der Waals surface area (Å²) in [6.45, 7) is 3.42. The summed E-state index contributed by atoms with van der Waals surface area (Å²) in [4.78, 5) is 23.5. The summed E-state index contributed by atoms with van der Waals surface area (Å²) in [7, 11) is 0. The lowest BCUT2D eigenvalue weighted by Crippen LogP contribution is -2.42. The van der Waals surface area contributed by atoms with E-state index in [4.69, 9.17) is 5.73 Å². The second-order valence-electron chi connectivity index (χ2n) is 5.57. The van der Waals surface area contributed by atoms with Gasteiger partial charge in [0, 0.05) is 17.5 Å². The SMILES string of the molecule is CC(C)(CNC(=O)c1ccc(F)c2ccccc12)C(N)=O. The third-order valence-electron chi connectivity index (χ3n) is 3.47. The van der Waals surface area contributed by atoms with E-state index in [2.05, 4.69) is 5.32 Å². The number of hydrogen-bond donors (Lipinski definition) is 2. The lowest BCUT2D eigenvalue weighted by atomic mass is 9.92. The summed E-state index contributed by atoms with van der Waals surface area (Å²) in [6.07, 6.45) is 0. The fourth-order valence-electron chi connectivity index (χ4n) is 1.94. The van der Waals surface area contributed by atoms with E-state index in [0.29, 0.717) is 16.3 Å². The smallest absolute Gasteiger partial charge is 0.251 e. The second-order valence-corrected chi connectivity index (χ2v) is 5.57. The van der Waals surface area contributed by atoms with Crippen LogP contribution in [0.3, 0.4) is 0 Å². The highest BCUT2D eigenvalue weighted by molar-refractivity contribution is 6.07. The van der Waals surface area contributed by atoms with Crippen LogP contribution in [0.15, 0.2) is 36.4 Å². The number of amides is 2. The first-order chi connectivity index (χ1) is 9.83. The van der Waals surface area contributed by atoms with E-state index in [9.17, 15) is 14.0 Å². The van der Waals surface area contributed by atoms with Crippen molar-refractivity contribution in [3.8, 4) is 0 Å². The normalized spacial score (nSPS) is 11.4. The molecule has 3 N–H and O–H groups in total. The highest BCUT2D eigenvalue weighted by Gasteiger charge is 2.26. The Morgan fingerprint density at radius 3 is 2.38 bits per heavy atom. The van der Waals surface area contributed by atoms with Gasteiger partial charge in [0.1, 0.15) is 5.82 Å². The lowest BCUT2D eigenvalue weighted by molar-refractivity contribution is -0.125. The van der Waals surface area contributed by atoms with Crippen molar-refractivity contribution in [2.24, 2.45) is 11.1 Å². The van der Waals surface area contributed by atoms with Crippen molar-refractivity contribution in [2.75, 3.05) is 6.54 Å². The molecule has 0 atom stereocenters. The number of nitrogens with one attached hydrogen (secondary N) is 1. The summed E-state index contributed by atoms with van der Waals surface area (Å²) in [5.41, 5.74) is 4.79. The molecule has 0 bridgehead atoms. The molecule has 2 rings (SSSR count). The highest BCUT2D eigenvalue weighted by atomic mass is 19.1. The van der Waals surface area contributed by atoms with E-state index in [1.54, 1.807) is 38.1 Å².